The van der Waals surface area contributed by atoms with E-state index in [1.54, 1.807) is 0 Å². The van der Waals surface area contributed by atoms with Crippen LogP contribution in [0.2, 0.25) is 0 Å². The number of carbonyl (C=O) groups is 1. The van der Waals surface area contributed by atoms with E-state index in [0.29, 0.717) is 11.8 Å². The van der Waals surface area contributed by atoms with Crippen molar-refractivity contribution < 1.29 is 65.2 Å². The molecule has 0 aliphatic carbocycles. The van der Waals surface area contributed by atoms with Crippen LogP contribution in [0.1, 0.15) is 268 Å². The first-order valence-corrected chi connectivity index (χ1v) is 25.2. The summed E-state index contributed by atoms with van der Waals surface area (Å²) in [7, 11) is 0. The minimum Gasteiger partial charge on any atom is -0.462 e. The number of likely N-dealkylation sites (tertiary alicyclic amines) is 1. The van der Waals surface area contributed by atoms with Gasteiger partial charge in [-0.3, -0.25) is 4.79 Å². The maximum atomic E-state index is 12.8. The molecule has 7 heteroatoms. The number of carbonyl (C=O) groups excluding carboxylic acids is 1. The molecule has 0 amide bonds. The average Bonchev–Trinajstić information content (AvgIpc) is 3.68. The molecule has 1 saturated heterocycles. The quantitative estimate of drug-likeness (QED) is 0.0463. The van der Waals surface area contributed by atoms with Gasteiger partial charge in [0.05, 0.1) is 0 Å². The van der Waals surface area contributed by atoms with Crippen LogP contribution in [0, 0.1) is 11.3 Å². The fourth-order valence-electron chi connectivity index (χ4n) is 7.72. The number of esters is 1. The van der Waals surface area contributed by atoms with Crippen LogP contribution >= 0.6 is 0 Å². The van der Waals surface area contributed by atoms with Crippen molar-refractivity contribution in [2.45, 2.75) is 274 Å². The largest absolute Gasteiger partial charge is 0.462 e. The molecule has 0 N–H and O–H groups in total. The molecule has 1 aliphatic heterocycles. The summed E-state index contributed by atoms with van der Waals surface area (Å²) in [4.78, 5) is 18.1. The van der Waals surface area contributed by atoms with Crippen molar-refractivity contribution in [1.29, 1.82) is 0 Å². The van der Waals surface area contributed by atoms with Crippen LogP contribution in [0.3, 0.4) is 0 Å². The molecule has 0 aromatic heterocycles. The molecular weight excluding hydrogens is 825 g/mol. The van der Waals surface area contributed by atoms with Gasteiger partial charge in [0.15, 0.2) is 0 Å². The van der Waals surface area contributed by atoms with Crippen LogP contribution in [-0.4, -0.2) is 61.1 Å². The Balaban J connectivity index is -0.000000504. The zero-order chi connectivity index (χ0) is 41.3. The van der Waals surface area contributed by atoms with Gasteiger partial charge in [-0.1, -0.05) is 198 Å². The number of ether oxygens (including phenoxy) is 1. The van der Waals surface area contributed by atoms with Crippen molar-refractivity contribution in [3.05, 3.63) is 0 Å². The van der Waals surface area contributed by atoms with Gasteiger partial charge in [0.2, 0.25) is 0 Å². The van der Waals surface area contributed by atoms with Crippen molar-refractivity contribution in [1.82, 2.24) is 9.80 Å². The second-order valence-electron chi connectivity index (χ2n) is 18.7. The summed E-state index contributed by atoms with van der Waals surface area (Å²) in [6, 6.07) is 0. The summed E-state index contributed by atoms with van der Waals surface area (Å²) in [5, 5.41) is 0. The summed E-state index contributed by atoms with van der Waals surface area (Å²) < 4.78 is 6.07. The van der Waals surface area contributed by atoms with Crippen LogP contribution < -0.4 is 0 Å². The number of nitrogens with zero attached hydrogens (tertiary/aromatic N) is 2. The number of unbranched alkanes of at least 4 members (excludes halogenated alkanes) is 19. The average molecular weight is 932 g/mol. The van der Waals surface area contributed by atoms with E-state index in [0.717, 1.165) is 31.6 Å². The third kappa shape index (κ3) is 53.3. The van der Waals surface area contributed by atoms with Gasteiger partial charge < -0.3 is 14.5 Å². The SMILES string of the molecule is CC.CCCCCCCCC(C)C.CCCCCCCCC(CCCCCCCC)OC(=O)CCCCCN(CCCCCC(C)(C)C)CCN1CCCC1.[V].[V].[V]. The standard InChI is InChI=1S/C38H76N2O2.C11H24.C2H6.3V/c1-6-8-10-12-14-18-26-36(27-19-15-13-11-9-7-2)42-37(41)28-20-16-22-30-39(34-35-40-32-24-25-33-40)31-23-17-21-29-38(3,4)5;1-4-5-6-7-8-9-10-11(2)3;1-2;;;/h36H,6-35H2,1-5H3;11H,4-10H2,1-3H3;1-2H3;;;. The van der Waals surface area contributed by atoms with Crippen molar-refractivity contribution in [2.24, 2.45) is 11.3 Å². The van der Waals surface area contributed by atoms with Crippen LogP contribution in [0.4, 0.5) is 0 Å². The number of hydrogen-bond donors (Lipinski definition) is 0. The minimum absolute atomic E-state index is 0. The van der Waals surface area contributed by atoms with E-state index < -0.39 is 0 Å². The Bertz CT molecular complexity index is 743. The molecule has 0 aromatic rings. The first kappa shape index (κ1) is 68.2. The summed E-state index contributed by atoms with van der Waals surface area (Å²) in [5.74, 6) is 0.961. The molecule has 0 spiro atoms. The Morgan fingerprint density at radius 3 is 1.38 bits per heavy atom. The summed E-state index contributed by atoms with van der Waals surface area (Å²) in [6.45, 7) is 30.0. The molecule has 1 aliphatic rings. The van der Waals surface area contributed by atoms with Gasteiger partial charge in [-0.25, -0.2) is 0 Å². The maximum absolute atomic E-state index is 12.8. The molecule has 1 heterocycles. The third-order valence-corrected chi connectivity index (χ3v) is 11.4. The van der Waals surface area contributed by atoms with Crippen molar-refractivity contribution in [3.8, 4) is 0 Å². The van der Waals surface area contributed by atoms with Crippen LogP contribution in [0.25, 0.3) is 0 Å². The first-order valence-electron chi connectivity index (χ1n) is 25.2. The molecule has 1 rings (SSSR count). The fourth-order valence-corrected chi connectivity index (χ4v) is 7.72. The Labute approximate surface area is 403 Å². The second-order valence-corrected chi connectivity index (χ2v) is 18.7. The summed E-state index contributed by atoms with van der Waals surface area (Å²) in [5.41, 5.74) is 0.457. The molecule has 0 saturated carbocycles. The fraction of sp³-hybridized carbons (Fsp3) is 0.980. The van der Waals surface area contributed by atoms with E-state index in [1.807, 2.05) is 13.8 Å². The topological polar surface area (TPSA) is 32.8 Å². The van der Waals surface area contributed by atoms with Crippen molar-refractivity contribution >= 4 is 5.97 Å². The van der Waals surface area contributed by atoms with Gasteiger partial charge in [-0.05, 0) is 102 Å². The Morgan fingerprint density at radius 1 is 0.552 bits per heavy atom. The Hall–Kier alpha value is 1.14. The smallest absolute Gasteiger partial charge is 0.306 e. The van der Waals surface area contributed by atoms with Gasteiger partial charge in [0.25, 0.3) is 0 Å². The van der Waals surface area contributed by atoms with Gasteiger partial charge in [0.1, 0.15) is 6.10 Å². The van der Waals surface area contributed by atoms with Crippen molar-refractivity contribution in [3.63, 3.8) is 0 Å². The molecule has 0 bridgehead atoms. The molecule has 58 heavy (non-hydrogen) atoms. The van der Waals surface area contributed by atoms with Crippen LogP contribution in [-0.2, 0) is 65.2 Å². The molecule has 0 unspecified atom stereocenters. The summed E-state index contributed by atoms with van der Waals surface area (Å²) in [6.07, 6.45) is 40.0. The van der Waals surface area contributed by atoms with E-state index in [-0.39, 0.29) is 67.7 Å². The van der Waals surface area contributed by atoms with Crippen LogP contribution in [0.15, 0.2) is 0 Å². The van der Waals surface area contributed by atoms with Crippen molar-refractivity contribution in [2.75, 3.05) is 39.3 Å². The zero-order valence-electron chi connectivity index (χ0n) is 41.4. The summed E-state index contributed by atoms with van der Waals surface area (Å²) >= 11 is 0. The van der Waals surface area contributed by atoms with E-state index in [9.17, 15) is 4.79 Å². The predicted molar refractivity (Wildman–Crippen MR) is 249 cm³/mol. The Morgan fingerprint density at radius 2 is 0.948 bits per heavy atom. The van der Waals surface area contributed by atoms with Gasteiger partial charge in [-0.15, -0.1) is 0 Å². The molecule has 347 valence electrons. The first-order chi connectivity index (χ1) is 26.6. The van der Waals surface area contributed by atoms with E-state index >= 15 is 0 Å². The zero-order valence-corrected chi connectivity index (χ0v) is 45.6. The molecular formula is C51H106N2O2V3. The molecule has 0 atom stereocenters. The normalized spacial score (nSPS) is 12.6. The molecule has 1 fully saturated rings. The third-order valence-electron chi connectivity index (χ3n) is 11.4. The second kappa shape index (κ2) is 52.5. The van der Waals surface area contributed by atoms with E-state index in [2.05, 4.69) is 65.2 Å². The van der Waals surface area contributed by atoms with Gasteiger partial charge >= 0.3 is 5.97 Å². The molecule has 4 nitrogen and oxygen atoms in total. The predicted octanol–water partition coefficient (Wildman–Crippen LogP) is 16.4. The number of rotatable bonds is 36. The monoisotopic (exact) mass is 932 g/mol. The molecule has 0 aromatic carbocycles. The maximum Gasteiger partial charge on any atom is 0.306 e. The Kier molecular flexibility index (Phi) is 61.7. The number of hydrogen-bond acceptors (Lipinski definition) is 4. The van der Waals surface area contributed by atoms with E-state index in [4.69, 9.17) is 4.74 Å². The molecule has 3 radical (unpaired) electrons. The van der Waals surface area contributed by atoms with Crippen LogP contribution in [0.5, 0.6) is 0 Å². The van der Waals surface area contributed by atoms with Gasteiger partial charge in [-0.2, -0.15) is 0 Å². The van der Waals surface area contributed by atoms with Gasteiger partial charge in [0, 0.05) is 75.2 Å². The van der Waals surface area contributed by atoms with E-state index in [1.165, 1.54) is 206 Å². The minimum atomic E-state index is 0.